The molecular weight excluding hydrogens is 366 g/mol. The van der Waals surface area contributed by atoms with Crippen LogP contribution < -0.4 is 5.32 Å². The highest BCUT2D eigenvalue weighted by Crippen LogP contribution is 2.11. The molecule has 0 unspecified atom stereocenters. The first-order valence-corrected chi connectivity index (χ1v) is 7.90. The lowest BCUT2D eigenvalue weighted by Crippen LogP contribution is -2.46. The van der Waals surface area contributed by atoms with Crippen molar-refractivity contribution in [2.24, 2.45) is 0 Å². The maximum Gasteiger partial charge on any atom is 0.408 e. The van der Waals surface area contributed by atoms with Crippen LogP contribution in [0, 0.1) is 0 Å². The van der Waals surface area contributed by atoms with Crippen LogP contribution in [0.15, 0.2) is 28.7 Å². The highest BCUT2D eigenvalue weighted by molar-refractivity contribution is 9.10. The van der Waals surface area contributed by atoms with Crippen molar-refractivity contribution in [3.63, 3.8) is 0 Å². The van der Waals surface area contributed by atoms with Crippen LogP contribution in [-0.2, 0) is 25.6 Å². The summed E-state index contributed by atoms with van der Waals surface area (Å²) >= 11 is 3.35. The SMILES string of the molecule is COC(=O)[C@H](COCc1ccc(Br)cc1)NC(=O)OC(C)(C)C. The van der Waals surface area contributed by atoms with E-state index >= 15 is 0 Å². The average molecular weight is 388 g/mol. The minimum absolute atomic E-state index is 0.0119. The standard InChI is InChI=1S/C16H22BrNO5/c1-16(2,3)23-15(20)18-13(14(19)21-4)10-22-9-11-5-7-12(17)8-6-11/h5-8,13H,9-10H2,1-4H3,(H,18,20)/t13-/m0/s1. The quantitative estimate of drug-likeness (QED) is 0.759. The van der Waals surface area contributed by atoms with Crippen LogP contribution in [0.25, 0.3) is 0 Å². The highest BCUT2D eigenvalue weighted by atomic mass is 79.9. The largest absolute Gasteiger partial charge is 0.467 e. The molecule has 0 spiro atoms. The van der Waals surface area contributed by atoms with E-state index in [2.05, 4.69) is 26.0 Å². The Morgan fingerprint density at radius 3 is 2.35 bits per heavy atom. The van der Waals surface area contributed by atoms with Gasteiger partial charge in [-0.2, -0.15) is 0 Å². The molecule has 1 rings (SSSR count). The molecule has 0 aromatic heterocycles. The molecule has 0 saturated heterocycles. The third-order valence-corrected chi connectivity index (χ3v) is 3.17. The van der Waals surface area contributed by atoms with E-state index in [1.165, 1.54) is 7.11 Å². The van der Waals surface area contributed by atoms with Gasteiger partial charge in [0.15, 0.2) is 6.04 Å². The van der Waals surface area contributed by atoms with Crippen molar-refractivity contribution in [1.29, 1.82) is 0 Å². The fourth-order valence-corrected chi connectivity index (χ4v) is 1.90. The summed E-state index contributed by atoms with van der Waals surface area (Å²) in [6.07, 6.45) is -0.694. The molecule has 1 atom stereocenters. The van der Waals surface area contributed by atoms with Crippen molar-refractivity contribution < 1.29 is 23.8 Å². The number of methoxy groups -OCH3 is 1. The first kappa shape index (κ1) is 19.4. The summed E-state index contributed by atoms with van der Waals surface area (Å²) in [4.78, 5) is 23.5. The number of hydrogen-bond acceptors (Lipinski definition) is 5. The van der Waals surface area contributed by atoms with Crippen molar-refractivity contribution in [3.8, 4) is 0 Å². The van der Waals surface area contributed by atoms with Crippen molar-refractivity contribution in [3.05, 3.63) is 34.3 Å². The van der Waals surface area contributed by atoms with Gasteiger partial charge in [-0.1, -0.05) is 28.1 Å². The molecule has 6 nitrogen and oxygen atoms in total. The first-order valence-electron chi connectivity index (χ1n) is 7.11. The summed E-state index contributed by atoms with van der Waals surface area (Å²) in [7, 11) is 1.25. The predicted octanol–water partition coefficient (Wildman–Crippen LogP) is 3.03. The molecule has 1 aromatic rings. The lowest BCUT2D eigenvalue weighted by molar-refractivity contribution is -0.145. The molecule has 7 heteroatoms. The van der Waals surface area contributed by atoms with Crippen molar-refractivity contribution in [2.75, 3.05) is 13.7 Å². The van der Waals surface area contributed by atoms with Gasteiger partial charge in [-0.3, -0.25) is 0 Å². The van der Waals surface area contributed by atoms with Crippen molar-refractivity contribution >= 4 is 28.0 Å². The molecule has 1 N–H and O–H groups in total. The molecule has 1 aromatic carbocycles. The third kappa shape index (κ3) is 7.99. The number of benzene rings is 1. The van der Waals surface area contributed by atoms with E-state index in [0.29, 0.717) is 6.61 Å². The van der Waals surface area contributed by atoms with Crippen LogP contribution in [0.5, 0.6) is 0 Å². The van der Waals surface area contributed by atoms with E-state index in [0.717, 1.165) is 10.0 Å². The Hall–Kier alpha value is -1.60. The topological polar surface area (TPSA) is 73.9 Å². The first-order chi connectivity index (χ1) is 10.7. The maximum absolute atomic E-state index is 11.8. The second-order valence-corrected chi connectivity index (χ2v) is 6.78. The zero-order chi connectivity index (χ0) is 17.5. The van der Waals surface area contributed by atoms with Gasteiger partial charge in [-0.15, -0.1) is 0 Å². The number of esters is 1. The van der Waals surface area contributed by atoms with Crippen LogP contribution in [0.2, 0.25) is 0 Å². The van der Waals surface area contributed by atoms with E-state index in [4.69, 9.17) is 9.47 Å². The zero-order valence-corrected chi connectivity index (χ0v) is 15.3. The summed E-state index contributed by atoms with van der Waals surface area (Å²) in [5.41, 5.74) is 0.303. The van der Waals surface area contributed by atoms with Gasteiger partial charge in [0.2, 0.25) is 0 Å². The molecule has 0 aliphatic heterocycles. The normalized spacial score (nSPS) is 12.4. The molecular formula is C16H22BrNO5. The summed E-state index contributed by atoms with van der Waals surface area (Å²) in [5, 5.41) is 2.45. The van der Waals surface area contributed by atoms with Gasteiger partial charge in [0.25, 0.3) is 0 Å². The van der Waals surface area contributed by atoms with Gasteiger partial charge in [-0.25, -0.2) is 9.59 Å². The Labute approximate surface area is 144 Å². The Morgan fingerprint density at radius 2 is 1.83 bits per heavy atom. The van der Waals surface area contributed by atoms with Crippen molar-refractivity contribution in [1.82, 2.24) is 5.32 Å². The summed E-state index contributed by atoms with van der Waals surface area (Å²) in [5.74, 6) is -0.591. The fraction of sp³-hybridized carbons (Fsp3) is 0.500. The number of rotatable bonds is 6. The van der Waals surface area contributed by atoms with Gasteiger partial charge in [0.1, 0.15) is 5.60 Å². The van der Waals surface area contributed by atoms with E-state index in [-0.39, 0.29) is 6.61 Å². The second-order valence-electron chi connectivity index (χ2n) is 5.86. The van der Waals surface area contributed by atoms with Gasteiger partial charge >= 0.3 is 12.1 Å². The molecule has 128 valence electrons. The molecule has 0 radical (unpaired) electrons. The number of halogens is 1. The molecule has 0 fully saturated rings. The van der Waals surface area contributed by atoms with E-state index in [1.54, 1.807) is 20.8 Å². The average Bonchev–Trinajstić information content (AvgIpc) is 2.45. The monoisotopic (exact) mass is 387 g/mol. The number of amides is 1. The molecule has 0 aliphatic rings. The molecule has 1 amide bonds. The lowest BCUT2D eigenvalue weighted by atomic mass is 10.2. The summed E-state index contributed by atoms with van der Waals surface area (Å²) < 4.78 is 16.3. The number of hydrogen-bond donors (Lipinski definition) is 1. The van der Waals surface area contributed by atoms with Gasteiger partial charge < -0.3 is 19.5 Å². The van der Waals surface area contributed by atoms with Crippen LogP contribution in [0.4, 0.5) is 4.79 Å². The Kier molecular flexibility index (Phi) is 7.51. The van der Waals surface area contributed by atoms with E-state index < -0.39 is 23.7 Å². The van der Waals surface area contributed by atoms with Crippen LogP contribution >= 0.6 is 15.9 Å². The Morgan fingerprint density at radius 1 is 1.22 bits per heavy atom. The number of carbonyl (C=O) groups excluding carboxylic acids is 2. The predicted molar refractivity (Wildman–Crippen MR) is 89.0 cm³/mol. The minimum atomic E-state index is -0.926. The van der Waals surface area contributed by atoms with Gasteiger partial charge in [0.05, 0.1) is 20.3 Å². The number of ether oxygens (including phenoxy) is 3. The Balaban J connectivity index is 2.52. The molecule has 0 heterocycles. The third-order valence-electron chi connectivity index (χ3n) is 2.64. The molecule has 23 heavy (non-hydrogen) atoms. The summed E-state index contributed by atoms with van der Waals surface area (Å²) in [6, 6.07) is 6.67. The molecule has 0 bridgehead atoms. The Bertz CT molecular complexity index is 524. The van der Waals surface area contributed by atoms with Crippen LogP contribution in [0.3, 0.4) is 0 Å². The van der Waals surface area contributed by atoms with E-state index in [1.807, 2.05) is 24.3 Å². The van der Waals surface area contributed by atoms with Crippen LogP contribution in [0.1, 0.15) is 26.3 Å². The summed E-state index contributed by atoms with van der Waals surface area (Å²) in [6.45, 7) is 5.52. The number of carbonyl (C=O) groups is 2. The van der Waals surface area contributed by atoms with E-state index in [9.17, 15) is 9.59 Å². The molecule has 0 aliphatic carbocycles. The lowest BCUT2D eigenvalue weighted by Gasteiger charge is -2.22. The minimum Gasteiger partial charge on any atom is -0.467 e. The van der Waals surface area contributed by atoms with Gasteiger partial charge in [-0.05, 0) is 38.5 Å². The fourth-order valence-electron chi connectivity index (χ4n) is 1.64. The van der Waals surface area contributed by atoms with Crippen LogP contribution in [-0.4, -0.2) is 37.4 Å². The second kappa shape index (κ2) is 8.88. The zero-order valence-electron chi connectivity index (χ0n) is 13.7. The number of nitrogens with one attached hydrogen (secondary N) is 1. The van der Waals surface area contributed by atoms with Gasteiger partial charge in [0, 0.05) is 4.47 Å². The van der Waals surface area contributed by atoms with Crippen molar-refractivity contribution in [2.45, 2.75) is 39.0 Å². The number of alkyl carbamates (subject to hydrolysis) is 1. The smallest absolute Gasteiger partial charge is 0.408 e. The maximum atomic E-state index is 11.8. The molecule has 0 saturated carbocycles. The highest BCUT2D eigenvalue weighted by Gasteiger charge is 2.25.